The van der Waals surface area contributed by atoms with Crippen molar-refractivity contribution in [3.63, 3.8) is 0 Å². The fourth-order valence-corrected chi connectivity index (χ4v) is 2.78. The van der Waals surface area contributed by atoms with Crippen molar-refractivity contribution in [1.29, 1.82) is 0 Å². The minimum absolute atomic E-state index is 0.177. The van der Waals surface area contributed by atoms with E-state index in [4.69, 9.17) is 4.74 Å². The third kappa shape index (κ3) is 2.17. The number of allylic oxidation sites excluding steroid dienone is 1. The summed E-state index contributed by atoms with van der Waals surface area (Å²) in [6.45, 7) is 4.59. The predicted octanol–water partition coefficient (Wildman–Crippen LogP) is 1.12. The number of hydrogen-bond donors (Lipinski definition) is 0. The zero-order valence-electron chi connectivity index (χ0n) is 9.80. The number of nitrogens with zero attached hydrogens (tertiary/aromatic N) is 2. The lowest BCUT2D eigenvalue weighted by molar-refractivity contribution is -0.137. The summed E-state index contributed by atoms with van der Waals surface area (Å²) in [6.07, 6.45) is 4.32. The highest BCUT2D eigenvalue weighted by molar-refractivity contribution is 8.05. The minimum Gasteiger partial charge on any atom is -0.462 e. The van der Waals surface area contributed by atoms with E-state index in [0.717, 1.165) is 12.1 Å². The zero-order chi connectivity index (χ0) is 12.4. The van der Waals surface area contributed by atoms with Crippen LogP contribution in [0.5, 0.6) is 0 Å². The quantitative estimate of drug-likeness (QED) is 0.708. The van der Waals surface area contributed by atoms with Crippen LogP contribution < -0.4 is 0 Å². The second-order valence-corrected chi connectivity index (χ2v) is 4.92. The molecule has 0 spiro atoms. The first-order valence-electron chi connectivity index (χ1n) is 5.52. The molecule has 0 radical (unpaired) electrons. The number of aliphatic imine (C=N–C) groups is 1. The Labute approximate surface area is 102 Å². The molecular weight excluding hydrogens is 240 g/mol. The zero-order valence-corrected chi connectivity index (χ0v) is 10.6. The van der Waals surface area contributed by atoms with Crippen molar-refractivity contribution in [1.82, 2.24) is 4.90 Å². The number of carbonyl (C=O) groups excluding carboxylic acids is 1. The Kier molecular flexibility index (Phi) is 3.42. The average Bonchev–Trinajstić information content (AvgIpc) is 2.67. The van der Waals surface area contributed by atoms with Crippen LogP contribution in [0.2, 0.25) is 0 Å². The Morgan fingerprint density at radius 2 is 2.35 bits per heavy atom. The maximum Gasteiger partial charge on any atom is 0.349 e. The molecule has 17 heavy (non-hydrogen) atoms. The molecule has 6 heteroatoms. The summed E-state index contributed by atoms with van der Waals surface area (Å²) in [5.41, 5.74) is 0.906. The van der Waals surface area contributed by atoms with Crippen molar-refractivity contribution in [2.45, 2.75) is 20.3 Å². The van der Waals surface area contributed by atoms with E-state index >= 15 is 0 Å². The molecule has 0 saturated heterocycles. The lowest BCUT2D eigenvalue weighted by atomic mass is 10.3. The third-order valence-electron chi connectivity index (χ3n) is 2.49. The topological polar surface area (TPSA) is 59.0 Å². The van der Waals surface area contributed by atoms with Gasteiger partial charge >= 0.3 is 5.97 Å². The van der Waals surface area contributed by atoms with Crippen LogP contribution in [0.3, 0.4) is 0 Å². The maximum atomic E-state index is 12.1. The molecule has 0 aromatic carbocycles. The molecule has 2 rings (SSSR count). The van der Waals surface area contributed by atoms with Crippen LogP contribution in [-0.2, 0) is 20.3 Å². The van der Waals surface area contributed by atoms with Gasteiger partial charge in [0.05, 0.1) is 6.61 Å². The van der Waals surface area contributed by atoms with Gasteiger partial charge in [0.25, 0.3) is 0 Å². The second-order valence-electron chi connectivity index (χ2n) is 3.58. The molecule has 1 unspecified atom stereocenters. The van der Waals surface area contributed by atoms with Gasteiger partial charge in [0.2, 0.25) is 5.17 Å². The summed E-state index contributed by atoms with van der Waals surface area (Å²) in [5, 5.41) is 0.437. The van der Waals surface area contributed by atoms with E-state index in [1.165, 1.54) is 0 Å². The Hall–Kier alpha value is -1.43. The molecule has 0 aromatic rings. The number of carbonyl (C=O) groups is 1. The van der Waals surface area contributed by atoms with Gasteiger partial charge in [-0.15, -0.1) is 0 Å². The van der Waals surface area contributed by atoms with Crippen LogP contribution in [-0.4, -0.2) is 33.4 Å². The van der Waals surface area contributed by atoms with Gasteiger partial charge in [0.1, 0.15) is 15.7 Å². The summed E-state index contributed by atoms with van der Waals surface area (Å²) in [4.78, 5) is 17.7. The molecule has 0 N–H and O–H groups in total. The van der Waals surface area contributed by atoms with E-state index in [9.17, 15) is 9.00 Å². The van der Waals surface area contributed by atoms with E-state index < -0.39 is 16.8 Å². The molecule has 0 fully saturated rings. The summed E-state index contributed by atoms with van der Waals surface area (Å²) in [7, 11) is -1.51. The Morgan fingerprint density at radius 3 is 3.00 bits per heavy atom. The van der Waals surface area contributed by atoms with Crippen molar-refractivity contribution in [3.8, 4) is 0 Å². The predicted molar refractivity (Wildman–Crippen MR) is 65.4 cm³/mol. The molecule has 0 amide bonds. The van der Waals surface area contributed by atoms with Gasteiger partial charge in [-0.25, -0.2) is 14.0 Å². The van der Waals surface area contributed by atoms with Crippen molar-refractivity contribution in [3.05, 3.63) is 22.9 Å². The minimum atomic E-state index is -1.51. The highest BCUT2D eigenvalue weighted by atomic mass is 32.2. The SMILES string of the molecule is CCOC(=O)C1=CN2CC=C(CC)N=C2S1=O. The van der Waals surface area contributed by atoms with Crippen LogP contribution in [0.25, 0.3) is 0 Å². The molecule has 0 saturated carbocycles. The third-order valence-corrected chi connectivity index (χ3v) is 3.82. The van der Waals surface area contributed by atoms with Gasteiger partial charge in [-0.2, -0.15) is 0 Å². The fraction of sp³-hybridized carbons (Fsp3) is 0.455. The number of fused-ring (bicyclic) bond motifs is 1. The van der Waals surface area contributed by atoms with E-state index in [1.54, 1.807) is 18.0 Å². The van der Waals surface area contributed by atoms with E-state index in [2.05, 4.69) is 4.99 Å². The largest absolute Gasteiger partial charge is 0.462 e. The van der Waals surface area contributed by atoms with Crippen molar-refractivity contribution >= 4 is 21.9 Å². The monoisotopic (exact) mass is 254 g/mol. The van der Waals surface area contributed by atoms with Crippen LogP contribution in [0.15, 0.2) is 27.9 Å². The Balaban J connectivity index is 2.23. The van der Waals surface area contributed by atoms with Crippen molar-refractivity contribution in [2.24, 2.45) is 4.99 Å². The molecule has 2 aliphatic heterocycles. The van der Waals surface area contributed by atoms with Gasteiger partial charge in [0.15, 0.2) is 0 Å². The Morgan fingerprint density at radius 1 is 1.59 bits per heavy atom. The molecule has 0 aromatic heterocycles. The molecule has 1 atom stereocenters. The van der Waals surface area contributed by atoms with E-state index in [0.29, 0.717) is 11.7 Å². The summed E-state index contributed by atoms with van der Waals surface area (Å²) < 4.78 is 16.9. The molecular formula is C11H14N2O3S. The van der Waals surface area contributed by atoms with Gasteiger partial charge < -0.3 is 9.64 Å². The van der Waals surface area contributed by atoms with Crippen molar-refractivity contribution < 1.29 is 13.7 Å². The van der Waals surface area contributed by atoms with Crippen LogP contribution in [0, 0.1) is 0 Å². The molecule has 0 aliphatic carbocycles. The number of esters is 1. The molecule has 5 nitrogen and oxygen atoms in total. The standard InChI is InChI=1S/C11H14N2O3S/c1-3-8-5-6-13-7-9(10(14)16-4-2)17(15)11(13)12-8/h5,7H,3-4,6H2,1-2H3. The number of amidine groups is 1. The Bertz CT molecular complexity index is 465. The first-order valence-corrected chi connectivity index (χ1v) is 6.67. The maximum absolute atomic E-state index is 12.1. The number of ether oxygens (including phenoxy) is 1. The molecule has 2 aliphatic rings. The summed E-state index contributed by atoms with van der Waals surface area (Å²) in [6, 6.07) is 0. The van der Waals surface area contributed by atoms with Gasteiger partial charge in [-0.05, 0) is 19.4 Å². The second kappa shape index (κ2) is 4.83. The summed E-state index contributed by atoms with van der Waals surface area (Å²) in [5.74, 6) is -0.527. The first kappa shape index (κ1) is 12.0. The molecule has 0 bridgehead atoms. The smallest absolute Gasteiger partial charge is 0.349 e. The van der Waals surface area contributed by atoms with Gasteiger partial charge in [0, 0.05) is 18.4 Å². The van der Waals surface area contributed by atoms with Crippen LogP contribution in [0.1, 0.15) is 20.3 Å². The molecule has 2 heterocycles. The lowest BCUT2D eigenvalue weighted by Gasteiger charge is -2.18. The van der Waals surface area contributed by atoms with Crippen LogP contribution >= 0.6 is 0 Å². The number of rotatable bonds is 3. The first-order chi connectivity index (χ1) is 8.17. The average molecular weight is 254 g/mol. The lowest BCUT2D eigenvalue weighted by Crippen LogP contribution is -2.27. The van der Waals surface area contributed by atoms with Gasteiger partial charge in [-0.1, -0.05) is 6.92 Å². The highest BCUT2D eigenvalue weighted by Crippen LogP contribution is 2.24. The van der Waals surface area contributed by atoms with Gasteiger partial charge in [-0.3, -0.25) is 0 Å². The van der Waals surface area contributed by atoms with Crippen LogP contribution in [0.4, 0.5) is 0 Å². The normalized spacial score (nSPS) is 22.6. The van der Waals surface area contributed by atoms with E-state index in [-0.39, 0.29) is 11.5 Å². The highest BCUT2D eigenvalue weighted by Gasteiger charge is 2.34. The van der Waals surface area contributed by atoms with Crippen molar-refractivity contribution in [2.75, 3.05) is 13.2 Å². The number of hydrogen-bond acceptors (Lipinski definition) is 5. The summed E-state index contributed by atoms with van der Waals surface area (Å²) >= 11 is 0. The van der Waals surface area contributed by atoms with E-state index in [1.807, 2.05) is 13.0 Å². The molecule has 92 valence electrons. The fourth-order valence-electron chi connectivity index (χ4n) is 1.61.